The summed E-state index contributed by atoms with van der Waals surface area (Å²) in [5.74, 6) is 6.64. The van der Waals surface area contributed by atoms with Gasteiger partial charge in [-0.2, -0.15) is 0 Å². The highest BCUT2D eigenvalue weighted by Gasteiger charge is 2.23. The molecule has 0 heterocycles. The van der Waals surface area contributed by atoms with E-state index in [1.54, 1.807) is 24.3 Å². The average molecular weight is 311 g/mol. The number of hydrogen-bond acceptors (Lipinski definition) is 4. The number of para-hydroxylation sites is 1. The topological polar surface area (TPSA) is 84.2 Å². The standard InChI is InChI=1S/C15H25N3O2S/c1-2-12-7-9-13(10-8-12)11-17-21(19,20)15-6-4-3-5-14(15)18-16/h3-6,12-13,17-18H,2,7-11,16H2,1H3. The number of anilines is 1. The first kappa shape index (κ1) is 16.3. The van der Waals surface area contributed by atoms with Gasteiger partial charge in [-0.05, 0) is 36.8 Å². The number of hydrogen-bond donors (Lipinski definition) is 3. The first-order valence-corrected chi connectivity index (χ1v) is 9.10. The van der Waals surface area contributed by atoms with E-state index < -0.39 is 10.0 Å². The van der Waals surface area contributed by atoms with E-state index in [4.69, 9.17) is 5.84 Å². The van der Waals surface area contributed by atoms with Crippen LogP contribution in [0.25, 0.3) is 0 Å². The molecule has 0 atom stereocenters. The number of hydrazine groups is 1. The van der Waals surface area contributed by atoms with Crippen molar-refractivity contribution in [3.05, 3.63) is 24.3 Å². The summed E-state index contributed by atoms with van der Waals surface area (Å²) in [4.78, 5) is 0.203. The highest BCUT2D eigenvalue weighted by Crippen LogP contribution is 2.30. The highest BCUT2D eigenvalue weighted by molar-refractivity contribution is 7.89. The van der Waals surface area contributed by atoms with Gasteiger partial charge in [0, 0.05) is 6.54 Å². The molecule has 1 aliphatic carbocycles. The third kappa shape index (κ3) is 4.18. The van der Waals surface area contributed by atoms with E-state index in [9.17, 15) is 8.42 Å². The predicted molar refractivity (Wildman–Crippen MR) is 85.2 cm³/mol. The predicted octanol–water partition coefficient (Wildman–Crippen LogP) is 2.47. The lowest BCUT2D eigenvalue weighted by Gasteiger charge is -2.27. The zero-order valence-corrected chi connectivity index (χ0v) is 13.3. The molecule has 0 spiro atoms. The van der Waals surface area contributed by atoms with Crippen LogP contribution < -0.4 is 16.0 Å². The molecule has 1 aliphatic rings. The van der Waals surface area contributed by atoms with Crippen molar-refractivity contribution in [2.45, 2.75) is 43.9 Å². The Morgan fingerprint density at radius 3 is 2.38 bits per heavy atom. The summed E-state index contributed by atoms with van der Waals surface area (Å²) < 4.78 is 27.5. The molecule has 0 radical (unpaired) electrons. The fourth-order valence-corrected chi connectivity index (χ4v) is 4.25. The van der Waals surface area contributed by atoms with Gasteiger partial charge in [-0.3, -0.25) is 5.84 Å². The zero-order chi connectivity index (χ0) is 15.3. The Morgan fingerprint density at radius 1 is 1.14 bits per heavy atom. The first-order valence-electron chi connectivity index (χ1n) is 7.62. The lowest BCUT2D eigenvalue weighted by atomic mass is 9.81. The molecule has 118 valence electrons. The quantitative estimate of drug-likeness (QED) is 0.556. The van der Waals surface area contributed by atoms with Gasteiger partial charge in [0.15, 0.2) is 0 Å². The average Bonchev–Trinajstić information content (AvgIpc) is 2.53. The molecule has 1 aromatic carbocycles. The SMILES string of the molecule is CCC1CCC(CNS(=O)(=O)c2ccccc2NN)CC1. The van der Waals surface area contributed by atoms with Gasteiger partial charge in [0.05, 0.1) is 5.69 Å². The summed E-state index contributed by atoms with van der Waals surface area (Å²) in [6.07, 6.45) is 5.87. The second-order valence-corrected chi connectivity index (χ2v) is 7.52. The minimum atomic E-state index is -3.51. The lowest BCUT2D eigenvalue weighted by Crippen LogP contribution is -2.32. The summed E-state index contributed by atoms with van der Waals surface area (Å²) in [6, 6.07) is 6.66. The van der Waals surface area contributed by atoms with Crippen molar-refractivity contribution in [3.63, 3.8) is 0 Å². The summed E-state index contributed by atoms with van der Waals surface area (Å²) in [5, 5.41) is 0. The largest absolute Gasteiger partial charge is 0.323 e. The molecule has 21 heavy (non-hydrogen) atoms. The van der Waals surface area contributed by atoms with Gasteiger partial charge in [0.1, 0.15) is 4.90 Å². The van der Waals surface area contributed by atoms with Crippen LogP contribution in [0.3, 0.4) is 0 Å². The van der Waals surface area contributed by atoms with Gasteiger partial charge < -0.3 is 5.43 Å². The molecule has 0 amide bonds. The maximum atomic E-state index is 12.4. The van der Waals surface area contributed by atoms with E-state index in [1.165, 1.54) is 19.3 Å². The Bertz CT molecular complexity index is 552. The number of nitrogens with one attached hydrogen (secondary N) is 2. The van der Waals surface area contributed by atoms with Crippen molar-refractivity contribution >= 4 is 15.7 Å². The molecule has 0 unspecified atom stereocenters. The van der Waals surface area contributed by atoms with Crippen molar-refractivity contribution in [2.75, 3.05) is 12.0 Å². The van der Waals surface area contributed by atoms with Crippen LogP contribution >= 0.6 is 0 Å². The molecular weight excluding hydrogens is 286 g/mol. The van der Waals surface area contributed by atoms with Crippen molar-refractivity contribution in [1.82, 2.24) is 4.72 Å². The molecule has 0 bridgehead atoms. The smallest absolute Gasteiger partial charge is 0.242 e. The van der Waals surface area contributed by atoms with Crippen LogP contribution in [0.5, 0.6) is 0 Å². The van der Waals surface area contributed by atoms with Gasteiger partial charge in [0.2, 0.25) is 10.0 Å². The number of nitrogens with two attached hydrogens (primary N) is 1. The van der Waals surface area contributed by atoms with Gasteiger partial charge in [0.25, 0.3) is 0 Å². The van der Waals surface area contributed by atoms with Crippen molar-refractivity contribution in [3.8, 4) is 0 Å². The molecule has 4 N–H and O–H groups in total. The third-order valence-electron chi connectivity index (χ3n) is 4.44. The zero-order valence-electron chi connectivity index (χ0n) is 12.5. The highest BCUT2D eigenvalue weighted by atomic mass is 32.2. The van der Waals surface area contributed by atoms with Crippen LogP contribution in [0.15, 0.2) is 29.2 Å². The number of nitrogen functional groups attached to an aromatic ring is 1. The van der Waals surface area contributed by atoms with Crippen LogP contribution in [0.1, 0.15) is 39.0 Å². The molecule has 0 aliphatic heterocycles. The molecular formula is C15H25N3O2S. The van der Waals surface area contributed by atoms with E-state index in [1.807, 2.05) is 0 Å². The number of benzene rings is 1. The Hall–Kier alpha value is -1.11. The van der Waals surface area contributed by atoms with Gasteiger partial charge in [-0.1, -0.05) is 38.3 Å². The van der Waals surface area contributed by atoms with Crippen molar-refractivity contribution < 1.29 is 8.42 Å². The molecule has 0 saturated heterocycles. The van der Waals surface area contributed by atoms with Gasteiger partial charge in [-0.25, -0.2) is 13.1 Å². The summed E-state index contributed by atoms with van der Waals surface area (Å²) in [5.41, 5.74) is 2.85. The maximum Gasteiger partial charge on any atom is 0.242 e. The Balaban J connectivity index is 1.96. The third-order valence-corrected chi connectivity index (χ3v) is 5.92. The Kier molecular flexibility index (Phi) is 5.61. The van der Waals surface area contributed by atoms with Crippen molar-refractivity contribution in [1.29, 1.82) is 0 Å². The molecule has 6 heteroatoms. The van der Waals surface area contributed by atoms with Crippen LogP contribution in [-0.4, -0.2) is 15.0 Å². The summed E-state index contributed by atoms with van der Waals surface area (Å²) >= 11 is 0. The summed E-state index contributed by atoms with van der Waals surface area (Å²) in [7, 11) is -3.51. The lowest BCUT2D eigenvalue weighted by molar-refractivity contribution is 0.270. The van der Waals surface area contributed by atoms with E-state index in [2.05, 4.69) is 17.1 Å². The fraction of sp³-hybridized carbons (Fsp3) is 0.600. The minimum Gasteiger partial charge on any atom is -0.323 e. The van der Waals surface area contributed by atoms with Gasteiger partial charge >= 0.3 is 0 Å². The second-order valence-electron chi connectivity index (χ2n) is 5.79. The van der Waals surface area contributed by atoms with E-state index >= 15 is 0 Å². The molecule has 1 aromatic rings. The number of rotatable bonds is 6. The van der Waals surface area contributed by atoms with Crippen LogP contribution in [0, 0.1) is 11.8 Å². The number of sulfonamides is 1. The van der Waals surface area contributed by atoms with Gasteiger partial charge in [-0.15, -0.1) is 0 Å². The monoisotopic (exact) mass is 311 g/mol. The second kappa shape index (κ2) is 7.24. The minimum absolute atomic E-state index is 0.203. The Labute approximate surface area is 127 Å². The van der Waals surface area contributed by atoms with E-state index in [0.29, 0.717) is 18.2 Å². The summed E-state index contributed by atoms with van der Waals surface area (Å²) in [6.45, 7) is 2.74. The molecule has 5 nitrogen and oxygen atoms in total. The van der Waals surface area contributed by atoms with E-state index in [-0.39, 0.29) is 4.90 Å². The maximum absolute atomic E-state index is 12.4. The Morgan fingerprint density at radius 2 is 1.76 bits per heavy atom. The van der Waals surface area contributed by atoms with E-state index in [0.717, 1.165) is 18.8 Å². The first-order chi connectivity index (χ1) is 10.1. The van der Waals surface area contributed by atoms with Crippen LogP contribution in [0.2, 0.25) is 0 Å². The normalized spacial score (nSPS) is 23.0. The van der Waals surface area contributed by atoms with Crippen LogP contribution in [-0.2, 0) is 10.0 Å². The van der Waals surface area contributed by atoms with Crippen LogP contribution in [0.4, 0.5) is 5.69 Å². The fourth-order valence-electron chi connectivity index (χ4n) is 2.97. The molecule has 1 fully saturated rings. The van der Waals surface area contributed by atoms with Crippen molar-refractivity contribution in [2.24, 2.45) is 17.7 Å². The molecule has 0 aromatic heterocycles. The molecule has 2 rings (SSSR count). The molecule has 1 saturated carbocycles.